The van der Waals surface area contributed by atoms with Crippen molar-refractivity contribution < 1.29 is 5.11 Å². The number of hydrogen-bond acceptors (Lipinski definition) is 5. The minimum Gasteiger partial charge on any atom is -0.504 e. The van der Waals surface area contributed by atoms with E-state index < -0.39 is 0 Å². The number of pyridine rings is 1. The van der Waals surface area contributed by atoms with Crippen molar-refractivity contribution in [3.63, 3.8) is 0 Å². The average Bonchev–Trinajstić information content (AvgIpc) is 3.09. The summed E-state index contributed by atoms with van der Waals surface area (Å²) in [5.74, 6) is 0.475. The molecule has 130 valence electrons. The van der Waals surface area contributed by atoms with E-state index in [1.54, 1.807) is 6.20 Å². The van der Waals surface area contributed by atoms with Crippen LogP contribution in [0.4, 0.5) is 5.95 Å². The van der Waals surface area contributed by atoms with Gasteiger partial charge in [0.2, 0.25) is 5.95 Å². The molecule has 3 heterocycles. The highest BCUT2D eigenvalue weighted by atomic mass is 16.3. The van der Waals surface area contributed by atoms with Gasteiger partial charge >= 0.3 is 0 Å². The van der Waals surface area contributed by atoms with Gasteiger partial charge in [0, 0.05) is 6.20 Å². The fourth-order valence-corrected chi connectivity index (χ4v) is 2.98. The Morgan fingerprint density at radius 1 is 1.04 bits per heavy atom. The number of aromatic nitrogens is 4. The van der Waals surface area contributed by atoms with Gasteiger partial charge in [0.1, 0.15) is 11.3 Å². The first-order valence-corrected chi connectivity index (χ1v) is 8.44. The predicted octanol–water partition coefficient (Wildman–Crippen LogP) is 3.98. The highest BCUT2D eigenvalue weighted by Gasteiger charge is 2.15. The molecule has 6 heteroatoms. The summed E-state index contributed by atoms with van der Waals surface area (Å²) in [5, 5.41) is 13.6. The number of aromatic hydroxyl groups is 1. The van der Waals surface area contributed by atoms with Gasteiger partial charge in [0.25, 0.3) is 0 Å². The number of rotatable bonds is 4. The molecule has 1 atom stereocenters. The average molecular weight is 345 g/mol. The maximum Gasteiger partial charge on any atom is 0.223 e. The van der Waals surface area contributed by atoms with E-state index in [1.807, 2.05) is 66.9 Å². The Hall–Kier alpha value is -3.41. The van der Waals surface area contributed by atoms with Gasteiger partial charge in [-0.05, 0) is 31.0 Å². The molecule has 4 rings (SSSR count). The van der Waals surface area contributed by atoms with Crippen molar-refractivity contribution in [1.82, 2.24) is 19.4 Å². The number of anilines is 1. The van der Waals surface area contributed by atoms with E-state index >= 15 is 0 Å². The molecule has 3 aromatic heterocycles. The van der Waals surface area contributed by atoms with Gasteiger partial charge in [-0.1, -0.05) is 36.4 Å². The van der Waals surface area contributed by atoms with Crippen LogP contribution in [0.1, 0.15) is 24.1 Å². The van der Waals surface area contributed by atoms with E-state index in [2.05, 4.69) is 20.3 Å². The van der Waals surface area contributed by atoms with Crippen LogP contribution in [0, 0.1) is 6.92 Å². The standard InChI is InChI=1S/C20H19N5O/c1-13-7-6-10-25-16(11-21-19(13)25)18-17(26)12-22-20(24-18)23-14(2)15-8-4-3-5-9-15/h3-12,14,26H,1-2H3,(H,22,23,24)/t14-/m0/s1. The number of fused-ring (bicyclic) bond motifs is 1. The van der Waals surface area contributed by atoms with Crippen molar-refractivity contribution in [1.29, 1.82) is 0 Å². The number of nitrogens with one attached hydrogen (secondary N) is 1. The lowest BCUT2D eigenvalue weighted by atomic mass is 10.1. The lowest BCUT2D eigenvalue weighted by molar-refractivity contribution is 0.472. The summed E-state index contributed by atoms with van der Waals surface area (Å²) in [6.45, 7) is 4.04. The van der Waals surface area contributed by atoms with Crippen LogP contribution >= 0.6 is 0 Å². The molecule has 0 unspecified atom stereocenters. The second-order valence-corrected chi connectivity index (χ2v) is 6.23. The van der Waals surface area contributed by atoms with Gasteiger partial charge in [0.05, 0.1) is 24.1 Å². The van der Waals surface area contributed by atoms with E-state index in [0.717, 1.165) is 22.5 Å². The maximum atomic E-state index is 10.3. The lowest BCUT2D eigenvalue weighted by Gasteiger charge is -2.15. The summed E-state index contributed by atoms with van der Waals surface area (Å²) < 4.78 is 1.92. The quantitative estimate of drug-likeness (QED) is 0.585. The molecule has 0 spiro atoms. The SMILES string of the molecule is Cc1cccn2c(-c3nc(N[C@@H](C)c4ccccc4)ncc3O)cnc12. The van der Waals surface area contributed by atoms with E-state index in [1.165, 1.54) is 6.20 Å². The molecular weight excluding hydrogens is 326 g/mol. The number of aryl methyl sites for hydroxylation is 1. The Bertz CT molecular complexity index is 1060. The summed E-state index contributed by atoms with van der Waals surface area (Å²) in [5.41, 5.74) is 4.20. The van der Waals surface area contributed by atoms with Gasteiger partial charge in [-0.15, -0.1) is 0 Å². The Labute approximate surface area is 151 Å². The topological polar surface area (TPSA) is 75.3 Å². The maximum absolute atomic E-state index is 10.3. The molecule has 0 saturated carbocycles. The molecule has 2 N–H and O–H groups in total. The zero-order valence-corrected chi connectivity index (χ0v) is 14.6. The highest BCUT2D eigenvalue weighted by Crippen LogP contribution is 2.29. The molecule has 26 heavy (non-hydrogen) atoms. The molecular formula is C20H19N5O. The minimum atomic E-state index is 0.0196. The highest BCUT2D eigenvalue weighted by molar-refractivity contribution is 5.67. The molecule has 0 aliphatic carbocycles. The van der Waals surface area contributed by atoms with Crippen LogP contribution in [-0.4, -0.2) is 24.5 Å². The van der Waals surface area contributed by atoms with Crippen LogP contribution in [0.25, 0.3) is 17.0 Å². The first kappa shape index (κ1) is 16.1. The van der Waals surface area contributed by atoms with Crippen molar-refractivity contribution in [2.24, 2.45) is 0 Å². The molecule has 0 radical (unpaired) electrons. The Morgan fingerprint density at radius 2 is 1.85 bits per heavy atom. The molecule has 0 bridgehead atoms. The second-order valence-electron chi connectivity index (χ2n) is 6.23. The normalized spacial score (nSPS) is 12.2. The Balaban J connectivity index is 1.71. The molecule has 0 aliphatic rings. The van der Waals surface area contributed by atoms with E-state index in [-0.39, 0.29) is 11.8 Å². The predicted molar refractivity (Wildman–Crippen MR) is 101 cm³/mol. The lowest BCUT2D eigenvalue weighted by Crippen LogP contribution is -2.09. The number of imidazole rings is 1. The first-order valence-electron chi connectivity index (χ1n) is 8.44. The number of hydrogen-bond donors (Lipinski definition) is 2. The van der Waals surface area contributed by atoms with Gasteiger partial charge in [-0.3, -0.25) is 4.40 Å². The summed E-state index contributed by atoms with van der Waals surface area (Å²) in [6.07, 6.45) is 5.04. The zero-order chi connectivity index (χ0) is 18.1. The fourth-order valence-electron chi connectivity index (χ4n) is 2.98. The Morgan fingerprint density at radius 3 is 2.65 bits per heavy atom. The molecule has 0 amide bonds. The third-order valence-corrected chi connectivity index (χ3v) is 4.39. The number of benzene rings is 1. The summed E-state index contributed by atoms with van der Waals surface area (Å²) in [7, 11) is 0. The molecule has 0 fully saturated rings. The van der Waals surface area contributed by atoms with Crippen molar-refractivity contribution in [2.75, 3.05) is 5.32 Å². The van der Waals surface area contributed by atoms with E-state index in [0.29, 0.717) is 11.6 Å². The van der Waals surface area contributed by atoms with Gasteiger partial charge in [0.15, 0.2) is 5.75 Å². The summed E-state index contributed by atoms with van der Waals surface area (Å²) >= 11 is 0. The van der Waals surface area contributed by atoms with Crippen LogP contribution in [-0.2, 0) is 0 Å². The Kier molecular flexibility index (Phi) is 4.01. The zero-order valence-electron chi connectivity index (χ0n) is 14.6. The van der Waals surface area contributed by atoms with E-state index in [9.17, 15) is 5.11 Å². The van der Waals surface area contributed by atoms with Crippen LogP contribution in [0.2, 0.25) is 0 Å². The van der Waals surface area contributed by atoms with Crippen molar-refractivity contribution in [3.05, 3.63) is 72.2 Å². The third kappa shape index (κ3) is 2.86. The molecule has 0 aliphatic heterocycles. The van der Waals surface area contributed by atoms with Crippen LogP contribution < -0.4 is 5.32 Å². The smallest absolute Gasteiger partial charge is 0.223 e. The second kappa shape index (κ2) is 6.48. The molecule has 4 aromatic rings. The first-order chi connectivity index (χ1) is 12.6. The fraction of sp³-hybridized carbons (Fsp3) is 0.150. The monoisotopic (exact) mass is 345 g/mol. The third-order valence-electron chi connectivity index (χ3n) is 4.39. The summed E-state index contributed by atoms with van der Waals surface area (Å²) in [6, 6.07) is 14.1. The van der Waals surface area contributed by atoms with Crippen molar-refractivity contribution in [2.45, 2.75) is 19.9 Å². The largest absolute Gasteiger partial charge is 0.504 e. The molecule has 6 nitrogen and oxygen atoms in total. The van der Waals surface area contributed by atoms with Crippen molar-refractivity contribution in [3.8, 4) is 17.1 Å². The van der Waals surface area contributed by atoms with Crippen LogP contribution in [0.5, 0.6) is 5.75 Å². The van der Waals surface area contributed by atoms with Crippen molar-refractivity contribution >= 4 is 11.6 Å². The number of nitrogens with zero attached hydrogens (tertiary/aromatic N) is 4. The van der Waals surface area contributed by atoms with Crippen LogP contribution in [0.15, 0.2) is 61.1 Å². The minimum absolute atomic E-state index is 0.0196. The summed E-state index contributed by atoms with van der Waals surface area (Å²) in [4.78, 5) is 13.2. The van der Waals surface area contributed by atoms with Crippen LogP contribution in [0.3, 0.4) is 0 Å². The van der Waals surface area contributed by atoms with Gasteiger partial charge in [-0.2, -0.15) is 0 Å². The van der Waals surface area contributed by atoms with Gasteiger partial charge < -0.3 is 10.4 Å². The molecule has 0 saturated heterocycles. The van der Waals surface area contributed by atoms with Gasteiger partial charge in [-0.25, -0.2) is 15.0 Å². The van der Waals surface area contributed by atoms with E-state index in [4.69, 9.17) is 0 Å². The molecule has 1 aromatic carbocycles.